The third kappa shape index (κ3) is 2.81. The summed E-state index contributed by atoms with van der Waals surface area (Å²) < 4.78 is 27.6. The molecule has 1 atom stereocenters. The van der Waals surface area contributed by atoms with Crippen molar-refractivity contribution < 1.29 is 8.78 Å². The molecule has 0 N–H and O–H groups in total. The summed E-state index contributed by atoms with van der Waals surface area (Å²) in [4.78, 5) is 0.363. The summed E-state index contributed by atoms with van der Waals surface area (Å²) in [6.07, 6.45) is 0. The second kappa shape index (κ2) is 5.22. The van der Waals surface area contributed by atoms with E-state index < -0.39 is 16.5 Å². The summed E-state index contributed by atoms with van der Waals surface area (Å²) in [6.45, 7) is 0. The van der Waals surface area contributed by atoms with Crippen LogP contribution in [0, 0.1) is 11.6 Å². The Morgan fingerprint density at radius 2 is 1.82 bits per heavy atom. The Morgan fingerprint density at radius 1 is 1.12 bits per heavy atom. The fourth-order valence-corrected chi connectivity index (χ4v) is 3.34. The van der Waals surface area contributed by atoms with Crippen LogP contribution >= 0.6 is 50.5 Å². The van der Waals surface area contributed by atoms with E-state index in [0.717, 1.165) is 17.0 Å². The summed E-state index contributed by atoms with van der Waals surface area (Å²) in [5.41, 5.74) is 0.199. The van der Waals surface area contributed by atoms with Gasteiger partial charge in [-0.2, -0.15) is 0 Å². The molecule has 0 nitrogen and oxygen atoms in total. The lowest BCUT2D eigenvalue weighted by atomic mass is 10.1. The maximum Gasteiger partial charge on any atom is 0.142 e. The van der Waals surface area contributed by atoms with Gasteiger partial charge in [0.25, 0.3) is 0 Å². The Kier molecular flexibility index (Phi) is 4.08. The molecule has 0 saturated heterocycles. The SMILES string of the molecule is Fc1cc(C(Br)c2ccc(Cl)s2)c(F)cc1Cl. The molecule has 1 aromatic carbocycles. The molecule has 0 aliphatic carbocycles. The van der Waals surface area contributed by atoms with Crippen LogP contribution in [-0.2, 0) is 0 Å². The highest BCUT2D eigenvalue weighted by atomic mass is 79.9. The molecule has 1 unspecified atom stereocenters. The zero-order valence-electron chi connectivity index (χ0n) is 8.18. The van der Waals surface area contributed by atoms with Crippen molar-refractivity contribution in [2.24, 2.45) is 0 Å². The van der Waals surface area contributed by atoms with Gasteiger partial charge in [0.1, 0.15) is 11.6 Å². The molecule has 1 aromatic heterocycles. The number of benzene rings is 1. The normalized spacial score (nSPS) is 12.8. The van der Waals surface area contributed by atoms with Crippen molar-refractivity contribution in [3.63, 3.8) is 0 Å². The van der Waals surface area contributed by atoms with Gasteiger partial charge >= 0.3 is 0 Å². The van der Waals surface area contributed by atoms with Crippen LogP contribution in [0.25, 0.3) is 0 Å². The molecule has 90 valence electrons. The predicted molar refractivity (Wildman–Crippen MR) is 71.5 cm³/mol. The molecule has 6 heteroatoms. The highest BCUT2D eigenvalue weighted by Crippen LogP contribution is 2.38. The average molecular weight is 358 g/mol. The summed E-state index contributed by atoms with van der Waals surface area (Å²) in [5, 5.41) is -0.227. The lowest BCUT2D eigenvalue weighted by Gasteiger charge is -2.10. The molecule has 2 aromatic rings. The van der Waals surface area contributed by atoms with E-state index in [9.17, 15) is 8.78 Å². The first kappa shape index (κ1) is 13.3. The van der Waals surface area contributed by atoms with Gasteiger partial charge in [-0.25, -0.2) is 8.78 Å². The van der Waals surface area contributed by atoms with Crippen molar-refractivity contribution in [2.45, 2.75) is 4.83 Å². The number of alkyl halides is 1. The van der Waals surface area contributed by atoms with E-state index in [0.29, 0.717) is 4.34 Å². The van der Waals surface area contributed by atoms with Crippen LogP contribution in [0.5, 0.6) is 0 Å². The molecule has 17 heavy (non-hydrogen) atoms. The van der Waals surface area contributed by atoms with E-state index in [4.69, 9.17) is 23.2 Å². The Hall–Kier alpha value is -0.160. The van der Waals surface area contributed by atoms with Crippen molar-refractivity contribution in [2.75, 3.05) is 0 Å². The van der Waals surface area contributed by atoms with Crippen molar-refractivity contribution in [3.05, 3.63) is 55.7 Å². The minimum absolute atomic E-state index is 0.199. The van der Waals surface area contributed by atoms with E-state index >= 15 is 0 Å². The molecule has 1 heterocycles. The first-order valence-electron chi connectivity index (χ1n) is 4.53. The second-order valence-corrected chi connectivity index (χ2v) is 6.36. The van der Waals surface area contributed by atoms with Gasteiger partial charge < -0.3 is 0 Å². The maximum atomic E-state index is 13.7. The standard InChI is InChI=1S/C11H5BrCl2F2S/c12-11(9-1-2-10(14)17-9)5-3-8(16)6(13)4-7(5)15/h1-4,11H. The Bertz CT molecular complexity index is 556. The molecular weight excluding hydrogens is 353 g/mol. The second-order valence-electron chi connectivity index (χ2n) is 3.29. The number of hydrogen-bond acceptors (Lipinski definition) is 1. The highest BCUT2D eigenvalue weighted by Gasteiger charge is 2.19. The lowest BCUT2D eigenvalue weighted by Crippen LogP contribution is -1.96. The number of halogens is 5. The van der Waals surface area contributed by atoms with Gasteiger partial charge in [0, 0.05) is 10.4 Å². The average Bonchev–Trinajstić information content (AvgIpc) is 2.69. The molecule has 0 bridgehead atoms. The fourth-order valence-electron chi connectivity index (χ4n) is 1.35. The Morgan fingerprint density at radius 3 is 2.41 bits per heavy atom. The topological polar surface area (TPSA) is 0 Å². The van der Waals surface area contributed by atoms with Gasteiger partial charge in [0.15, 0.2) is 0 Å². The summed E-state index contributed by atoms with van der Waals surface area (Å²) in [7, 11) is 0. The van der Waals surface area contributed by atoms with Crippen LogP contribution in [0.4, 0.5) is 8.78 Å². The maximum absolute atomic E-state index is 13.7. The summed E-state index contributed by atoms with van der Waals surface area (Å²) >= 11 is 15.9. The van der Waals surface area contributed by atoms with Crippen molar-refractivity contribution >= 4 is 50.5 Å². The molecule has 0 fully saturated rings. The number of thiophene rings is 1. The molecule has 0 aliphatic heterocycles. The molecule has 0 saturated carbocycles. The quantitative estimate of drug-likeness (QED) is 0.469. The Labute approximate surface area is 119 Å². The van der Waals surface area contributed by atoms with Crippen LogP contribution in [0.15, 0.2) is 24.3 Å². The van der Waals surface area contributed by atoms with E-state index in [1.54, 1.807) is 12.1 Å². The van der Waals surface area contributed by atoms with Gasteiger partial charge in [-0.3, -0.25) is 0 Å². The van der Waals surface area contributed by atoms with Crippen molar-refractivity contribution in [3.8, 4) is 0 Å². The lowest BCUT2D eigenvalue weighted by molar-refractivity contribution is 0.589. The zero-order chi connectivity index (χ0) is 12.6. The fraction of sp³-hybridized carbons (Fsp3) is 0.0909. The van der Waals surface area contributed by atoms with Crippen LogP contribution < -0.4 is 0 Å². The minimum Gasteiger partial charge on any atom is -0.207 e. The van der Waals surface area contributed by atoms with Crippen molar-refractivity contribution in [1.29, 1.82) is 0 Å². The number of rotatable bonds is 2. The third-order valence-electron chi connectivity index (χ3n) is 2.16. The van der Waals surface area contributed by atoms with Crippen LogP contribution in [0.3, 0.4) is 0 Å². The molecule has 0 spiro atoms. The molecule has 2 rings (SSSR count). The van der Waals surface area contributed by atoms with Gasteiger partial charge in [-0.1, -0.05) is 39.1 Å². The molecule has 0 radical (unpaired) electrons. The van der Waals surface area contributed by atoms with E-state index in [1.807, 2.05) is 0 Å². The van der Waals surface area contributed by atoms with Gasteiger partial charge in [0.2, 0.25) is 0 Å². The monoisotopic (exact) mass is 356 g/mol. The van der Waals surface area contributed by atoms with Crippen LogP contribution in [0.1, 0.15) is 15.3 Å². The molecule has 0 amide bonds. The first-order chi connectivity index (χ1) is 7.99. The predicted octanol–water partition coefficient (Wildman–Crippen LogP) is 5.82. The minimum atomic E-state index is -0.643. The summed E-state index contributed by atoms with van der Waals surface area (Å²) in [5.74, 6) is -1.20. The zero-order valence-corrected chi connectivity index (χ0v) is 12.1. The van der Waals surface area contributed by atoms with Crippen molar-refractivity contribution in [1.82, 2.24) is 0 Å². The van der Waals surface area contributed by atoms with E-state index in [2.05, 4.69) is 15.9 Å². The highest BCUT2D eigenvalue weighted by molar-refractivity contribution is 9.09. The van der Waals surface area contributed by atoms with Crippen LogP contribution in [0.2, 0.25) is 9.36 Å². The van der Waals surface area contributed by atoms with Gasteiger partial charge in [0.05, 0.1) is 14.2 Å². The van der Waals surface area contributed by atoms with Gasteiger partial charge in [-0.05, 0) is 24.3 Å². The van der Waals surface area contributed by atoms with Gasteiger partial charge in [-0.15, -0.1) is 11.3 Å². The van der Waals surface area contributed by atoms with Crippen LogP contribution in [-0.4, -0.2) is 0 Å². The van der Waals surface area contributed by atoms with E-state index in [1.165, 1.54) is 11.3 Å². The largest absolute Gasteiger partial charge is 0.207 e. The third-order valence-corrected chi connectivity index (χ3v) is 5.03. The smallest absolute Gasteiger partial charge is 0.142 e. The molecule has 0 aliphatic rings. The number of hydrogen-bond donors (Lipinski definition) is 0. The summed E-state index contributed by atoms with van der Waals surface area (Å²) in [6, 6.07) is 5.53. The first-order valence-corrected chi connectivity index (χ1v) is 7.01. The Balaban J connectivity index is 2.43. The molecular formula is C11H5BrCl2F2S. The van der Waals surface area contributed by atoms with E-state index in [-0.39, 0.29) is 10.6 Å².